The number of para-hydroxylation sites is 1. The first-order valence-electron chi connectivity index (χ1n) is 6.96. The van der Waals surface area contributed by atoms with Crippen molar-refractivity contribution in [3.05, 3.63) is 38.9 Å². The first-order valence-corrected chi connectivity index (χ1v) is 7.34. The van der Waals surface area contributed by atoms with Gasteiger partial charge in [-0.3, -0.25) is 14.9 Å². The standard InChI is InChI=1S/C15H21ClN2O3/c1-9(2)12(10(3)4)8-17-15(19)11-6-5-7-13(16)14(11)18(20)21/h5-7,9-10,12H,8H2,1-4H3,(H,17,19). The Bertz CT molecular complexity index is 522. The third kappa shape index (κ3) is 4.43. The van der Waals surface area contributed by atoms with E-state index >= 15 is 0 Å². The number of nitrogens with zero attached hydrogens (tertiary/aromatic N) is 1. The Morgan fingerprint density at radius 1 is 1.29 bits per heavy atom. The molecular formula is C15H21ClN2O3. The lowest BCUT2D eigenvalue weighted by atomic mass is 9.85. The molecule has 0 aromatic heterocycles. The van der Waals surface area contributed by atoms with Gasteiger partial charge in [0.25, 0.3) is 5.91 Å². The SMILES string of the molecule is CC(C)C(CNC(=O)c1cccc(Cl)c1[N+](=O)[O-])C(C)C. The maximum absolute atomic E-state index is 12.2. The quantitative estimate of drug-likeness (QED) is 0.639. The summed E-state index contributed by atoms with van der Waals surface area (Å²) < 4.78 is 0. The van der Waals surface area contributed by atoms with Gasteiger partial charge in [-0.15, -0.1) is 0 Å². The van der Waals surface area contributed by atoms with Crippen molar-refractivity contribution >= 4 is 23.2 Å². The minimum atomic E-state index is -0.625. The normalized spacial score (nSPS) is 11.2. The van der Waals surface area contributed by atoms with Crippen LogP contribution < -0.4 is 5.32 Å². The Labute approximate surface area is 129 Å². The molecule has 1 aromatic carbocycles. The van der Waals surface area contributed by atoms with Crippen molar-refractivity contribution in [1.29, 1.82) is 0 Å². The molecular weight excluding hydrogens is 292 g/mol. The number of carbonyl (C=O) groups excluding carboxylic acids is 1. The number of amides is 1. The molecule has 1 rings (SSSR count). The summed E-state index contributed by atoms with van der Waals surface area (Å²) in [5.74, 6) is 0.682. The van der Waals surface area contributed by atoms with Crippen LogP contribution in [0.2, 0.25) is 5.02 Å². The number of nitro benzene ring substituents is 1. The van der Waals surface area contributed by atoms with Crippen LogP contribution in [0.15, 0.2) is 18.2 Å². The minimum absolute atomic E-state index is 0.00115. The second-order valence-electron chi connectivity index (χ2n) is 5.76. The molecule has 0 atom stereocenters. The zero-order valence-corrected chi connectivity index (χ0v) is 13.5. The first kappa shape index (κ1) is 17.4. The van der Waals surface area contributed by atoms with Crippen molar-refractivity contribution in [2.75, 3.05) is 6.54 Å². The summed E-state index contributed by atoms with van der Waals surface area (Å²) in [7, 11) is 0. The Kier molecular flexibility index (Phi) is 6.15. The lowest BCUT2D eigenvalue weighted by Gasteiger charge is -2.25. The summed E-state index contributed by atoms with van der Waals surface area (Å²) >= 11 is 5.81. The molecule has 116 valence electrons. The lowest BCUT2D eigenvalue weighted by Crippen LogP contribution is -2.34. The van der Waals surface area contributed by atoms with E-state index in [-0.39, 0.29) is 16.3 Å². The number of hydrogen-bond donors (Lipinski definition) is 1. The van der Waals surface area contributed by atoms with Crippen molar-refractivity contribution in [2.45, 2.75) is 27.7 Å². The van der Waals surface area contributed by atoms with E-state index < -0.39 is 10.8 Å². The van der Waals surface area contributed by atoms with Crippen LogP contribution in [-0.2, 0) is 0 Å². The first-order chi connectivity index (χ1) is 9.75. The summed E-state index contributed by atoms with van der Waals surface area (Å²) in [6.07, 6.45) is 0. The Morgan fingerprint density at radius 3 is 2.33 bits per heavy atom. The molecule has 0 aliphatic carbocycles. The van der Waals surface area contributed by atoms with Crippen molar-refractivity contribution in [3.63, 3.8) is 0 Å². The van der Waals surface area contributed by atoms with E-state index in [4.69, 9.17) is 11.6 Å². The predicted molar refractivity (Wildman–Crippen MR) is 83.6 cm³/mol. The fraction of sp³-hybridized carbons (Fsp3) is 0.533. The zero-order chi connectivity index (χ0) is 16.2. The number of benzene rings is 1. The van der Waals surface area contributed by atoms with Crippen LogP contribution in [0.5, 0.6) is 0 Å². The monoisotopic (exact) mass is 312 g/mol. The molecule has 5 nitrogen and oxygen atoms in total. The third-order valence-corrected chi connectivity index (χ3v) is 3.93. The average molecular weight is 313 g/mol. The summed E-state index contributed by atoms with van der Waals surface area (Å²) in [6, 6.07) is 4.35. The maximum Gasteiger partial charge on any atom is 0.300 e. The second-order valence-corrected chi connectivity index (χ2v) is 6.16. The van der Waals surface area contributed by atoms with Crippen molar-refractivity contribution in [1.82, 2.24) is 5.32 Å². The van der Waals surface area contributed by atoms with Crippen LogP contribution in [0.3, 0.4) is 0 Å². The van der Waals surface area contributed by atoms with Crippen LogP contribution in [0.4, 0.5) is 5.69 Å². The number of nitrogens with one attached hydrogen (secondary N) is 1. The zero-order valence-electron chi connectivity index (χ0n) is 12.7. The van der Waals surface area contributed by atoms with Gasteiger partial charge in [0.1, 0.15) is 10.6 Å². The van der Waals surface area contributed by atoms with Gasteiger partial charge in [0.15, 0.2) is 0 Å². The van der Waals surface area contributed by atoms with Gasteiger partial charge in [0.05, 0.1) is 4.92 Å². The van der Waals surface area contributed by atoms with E-state index in [0.717, 1.165) is 0 Å². The van der Waals surface area contributed by atoms with E-state index in [1.54, 1.807) is 0 Å². The summed E-state index contributed by atoms with van der Waals surface area (Å²) in [4.78, 5) is 22.6. The van der Waals surface area contributed by atoms with E-state index in [0.29, 0.717) is 24.3 Å². The molecule has 1 aromatic rings. The van der Waals surface area contributed by atoms with Crippen molar-refractivity contribution in [2.24, 2.45) is 17.8 Å². The van der Waals surface area contributed by atoms with Gasteiger partial charge in [0.2, 0.25) is 0 Å². The second kappa shape index (κ2) is 7.41. The van der Waals surface area contributed by atoms with Gasteiger partial charge in [-0.25, -0.2) is 0 Å². The molecule has 0 aliphatic heterocycles. The van der Waals surface area contributed by atoms with Gasteiger partial charge < -0.3 is 5.32 Å². The summed E-state index contributed by atoms with van der Waals surface area (Å²) in [5.41, 5.74) is -0.346. The molecule has 1 N–H and O–H groups in total. The molecule has 0 saturated heterocycles. The van der Waals surface area contributed by atoms with E-state index in [9.17, 15) is 14.9 Å². The highest BCUT2D eigenvalue weighted by Gasteiger charge is 2.25. The maximum atomic E-state index is 12.2. The van der Waals surface area contributed by atoms with Crippen LogP contribution in [0.25, 0.3) is 0 Å². The van der Waals surface area contributed by atoms with E-state index in [2.05, 4.69) is 33.0 Å². The predicted octanol–water partition coefficient (Wildman–Crippen LogP) is 3.91. The fourth-order valence-corrected chi connectivity index (χ4v) is 2.67. The van der Waals surface area contributed by atoms with E-state index in [1.807, 2.05) is 0 Å². The molecule has 0 heterocycles. The largest absolute Gasteiger partial charge is 0.352 e. The Hall–Kier alpha value is -1.62. The molecule has 1 amide bonds. The van der Waals surface area contributed by atoms with Gasteiger partial charge in [-0.05, 0) is 29.9 Å². The summed E-state index contributed by atoms with van der Waals surface area (Å²) in [6.45, 7) is 8.87. The van der Waals surface area contributed by atoms with Crippen LogP contribution in [-0.4, -0.2) is 17.4 Å². The molecule has 0 fully saturated rings. The summed E-state index contributed by atoms with van der Waals surface area (Å²) in [5, 5.41) is 13.8. The molecule has 6 heteroatoms. The molecule has 0 spiro atoms. The van der Waals surface area contributed by atoms with Crippen molar-refractivity contribution in [3.8, 4) is 0 Å². The minimum Gasteiger partial charge on any atom is -0.352 e. The molecule has 0 radical (unpaired) electrons. The number of carbonyl (C=O) groups is 1. The molecule has 21 heavy (non-hydrogen) atoms. The number of halogens is 1. The van der Waals surface area contributed by atoms with Gasteiger partial charge >= 0.3 is 5.69 Å². The smallest absolute Gasteiger partial charge is 0.300 e. The third-order valence-electron chi connectivity index (χ3n) is 3.62. The highest BCUT2D eigenvalue weighted by atomic mass is 35.5. The molecule has 0 bridgehead atoms. The van der Waals surface area contributed by atoms with Crippen LogP contribution in [0, 0.1) is 27.9 Å². The van der Waals surface area contributed by atoms with Crippen LogP contribution >= 0.6 is 11.6 Å². The Balaban J connectivity index is 2.91. The van der Waals surface area contributed by atoms with E-state index in [1.165, 1.54) is 18.2 Å². The fourth-order valence-electron chi connectivity index (χ4n) is 2.43. The number of hydrogen-bond acceptors (Lipinski definition) is 3. The van der Waals surface area contributed by atoms with Gasteiger partial charge in [-0.2, -0.15) is 0 Å². The molecule has 0 saturated carbocycles. The molecule has 0 aliphatic rings. The van der Waals surface area contributed by atoms with Gasteiger partial charge in [0, 0.05) is 6.54 Å². The topological polar surface area (TPSA) is 72.2 Å². The van der Waals surface area contributed by atoms with Crippen LogP contribution in [0.1, 0.15) is 38.1 Å². The number of rotatable bonds is 6. The van der Waals surface area contributed by atoms with Crippen molar-refractivity contribution < 1.29 is 9.72 Å². The number of nitro groups is 1. The lowest BCUT2D eigenvalue weighted by molar-refractivity contribution is -0.385. The Morgan fingerprint density at radius 2 is 1.86 bits per heavy atom. The van der Waals surface area contributed by atoms with Gasteiger partial charge in [-0.1, -0.05) is 45.4 Å². The highest BCUT2D eigenvalue weighted by Crippen LogP contribution is 2.28. The average Bonchev–Trinajstić information content (AvgIpc) is 2.36. The molecule has 0 unspecified atom stereocenters. The highest BCUT2D eigenvalue weighted by molar-refractivity contribution is 6.33.